The van der Waals surface area contributed by atoms with E-state index in [1.807, 2.05) is 26.0 Å². The Morgan fingerprint density at radius 1 is 1.25 bits per heavy atom. The molecule has 3 nitrogen and oxygen atoms in total. The molecule has 1 saturated heterocycles. The Balaban J connectivity index is 2.45. The van der Waals surface area contributed by atoms with Crippen LogP contribution in [0.15, 0.2) is 12.1 Å². The van der Waals surface area contributed by atoms with Gasteiger partial charge in [-0.25, -0.2) is 8.42 Å². The fourth-order valence-corrected chi connectivity index (χ4v) is 5.41. The molecule has 0 spiro atoms. The van der Waals surface area contributed by atoms with Gasteiger partial charge in [0.25, 0.3) is 0 Å². The van der Waals surface area contributed by atoms with Gasteiger partial charge in [0.05, 0.1) is 17.0 Å². The highest BCUT2D eigenvalue weighted by molar-refractivity contribution is 7.92. The summed E-state index contributed by atoms with van der Waals surface area (Å²) in [7, 11) is -1.24. The van der Waals surface area contributed by atoms with Crippen LogP contribution in [0.1, 0.15) is 42.0 Å². The molecule has 1 fully saturated rings. The molecule has 1 aromatic rings. The third kappa shape index (κ3) is 3.02. The Bertz CT molecular complexity index is 598. The largest absolute Gasteiger partial charge is 0.312 e. The van der Waals surface area contributed by atoms with Crippen LogP contribution in [-0.2, 0) is 9.84 Å². The van der Waals surface area contributed by atoms with E-state index in [0.29, 0.717) is 11.4 Å². The number of aryl methyl sites for hydroxylation is 2. The van der Waals surface area contributed by atoms with Gasteiger partial charge < -0.3 is 5.32 Å². The van der Waals surface area contributed by atoms with Gasteiger partial charge in [0.1, 0.15) is 0 Å². The molecule has 0 amide bonds. The van der Waals surface area contributed by atoms with E-state index in [4.69, 9.17) is 11.6 Å². The molecule has 20 heavy (non-hydrogen) atoms. The van der Waals surface area contributed by atoms with Crippen molar-refractivity contribution in [3.63, 3.8) is 0 Å². The predicted molar refractivity (Wildman–Crippen MR) is 84.2 cm³/mol. The lowest BCUT2D eigenvalue weighted by atomic mass is 9.96. The molecule has 1 aliphatic rings. The number of rotatable bonds is 3. The van der Waals surface area contributed by atoms with Crippen molar-refractivity contribution in [3.8, 4) is 0 Å². The highest BCUT2D eigenvalue weighted by Crippen LogP contribution is 2.35. The third-order valence-corrected chi connectivity index (χ3v) is 6.88. The molecule has 0 bridgehead atoms. The molecular weight excluding hydrogens is 294 g/mol. The van der Waals surface area contributed by atoms with E-state index >= 15 is 0 Å². The van der Waals surface area contributed by atoms with Crippen molar-refractivity contribution in [1.82, 2.24) is 5.32 Å². The van der Waals surface area contributed by atoms with Crippen molar-refractivity contribution in [2.75, 3.05) is 12.8 Å². The first-order valence-electron chi connectivity index (χ1n) is 7.02. The molecule has 1 heterocycles. The maximum atomic E-state index is 12.3. The molecule has 2 unspecified atom stereocenters. The van der Waals surface area contributed by atoms with E-state index in [1.165, 1.54) is 0 Å². The minimum Gasteiger partial charge on any atom is -0.312 e. The molecule has 0 aromatic heterocycles. The molecule has 112 valence electrons. The number of sulfone groups is 1. The maximum Gasteiger partial charge on any atom is 0.155 e. The zero-order valence-corrected chi connectivity index (χ0v) is 13.8. The van der Waals surface area contributed by atoms with Gasteiger partial charge in [0.15, 0.2) is 9.84 Å². The Morgan fingerprint density at radius 3 is 2.50 bits per heavy atom. The fourth-order valence-electron chi connectivity index (χ4n) is 2.94. The van der Waals surface area contributed by atoms with E-state index in [-0.39, 0.29) is 17.0 Å². The average molecular weight is 316 g/mol. The molecule has 0 saturated carbocycles. The second-order valence-electron chi connectivity index (χ2n) is 5.63. The summed E-state index contributed by atoms with van der Waals surface area (Å²) < 4.78 is 24.7. The molecule has 1 aliphatic heterocycles. The normalized spacial score (nSPS) is 23.5. The Labute approximate surface area is 126 Å². The van der Waals surface area contributed by atoms with Crippen molar-refractivity contribution in [1.29, 1.82) is 0 Å². The third-order valence-electron chi connectivity index (χ3n) is 4.26. The minimum atomic E-state index is -3.04. The van der Waals surface area contributed by atoms with E-state index in [2.05, 4.69) is 5.32 Å². The van der Waals surface area contributed by atoms with Crippen molar-refractivity contribution < 1.29 is 8.42 Å². The van der Waals surface area contributed by atoms with Gasteiger partial charge in [0.2, 0.25) is 0 Å². The van der Waals surface area contributed by atoms with Gasteiger partial charge in [-0.1, -0.05) is 24.1 Å². The maximum absolute atomic E-state index is 12.3. The van der Waals surface area contributed by atoms with Crippen molar-refractivity contribution in [2.45, 2.75) is 44.4 Å². The van der Waals surface area contributed by atoms with Gasteiger partial charge in [-0.3, -0.25) is 0 Å². The summed E-state index contributed by atoms with van der Waals surface area (Å²) in [5.74, 6) is 0.290. The summed E-state index contributed by atoms with van der Waals surface area (Å²) in [6, 6.07) is 3.71. The highest BCUT2D eigenvalue weighted by atomic mass is 35.5. The zero-order chi connectivity index (χ0) is 14.9. The number of hydrogen-bond acceptors (Lipinski definition) is 3. The van der Waals surface area contributed by atoms with E-state index < -0.39 is 9.84 Å². The van der Waals surface area contributed by atoms with Crippen LogP contribution < -0.4 is 5.32 Å². The first kappa shape index (κ1) is 15.8. The quantitative estimate of drug-likeness (QED) is 0.932. The van der Waals surface area contributed by atoms with Crippen LogP contribution in [-0.4, -0.2) is 26.5 Å². The average Bonchev–Trinajstić information content (AvgIpc) is 2.37. The van der Waals surface area contributed by atoms with E-state index in [0.717, 1.165) is 29.5 Å². The monoisotopic (exact) mass is 315 g/mol. The molecule has 2 rings (SSSR count). The minimum absolute atomic E-state index is 0.230. The predicted octanol–water partition coefficient (Wildman–Crippen LogP) is 3.18. The SMILES string of the molecule is CNC(c1cc(C)c(C)cc1Cl)C1CCCCS1(=O)=O. The van der Waals surface area contributed by atoms with Crippen LogP contribution in [0.2, 0.25) is 5.02 Å². The van der Waals surface area contributed by atoms with E-state index in [9.17, 15) is 8.42 Å². The van der Waals surface area contributed by atoms with Gasteiger partial charge >= 0.3 is 0 Å². The molecule has 0 radical (unpaired) electrons. The van der Waals surface area contributed by atoms with Crippen LogP contribution >= 0.6 is 11.6 Å². The number of halogens is 1. The summed E-state index contributed by atoms with van der Waals surface area (Å²) >= 11 is 6.35. The van der Waals surface area contributed by atoms with Crippen LogP contribution in [0.4, 0.5) is 0 Å². The second kappa shape index (κ2) is 6.04. The van der Waals surface area contributed by atoms with Crippen LogP contribution in [0.25, 0.3) is 0 Å². The molecule has 1 N–H and O–H groups in total. The van der Waals surface area contributed by atoms with Gasteiger partial charge in [-0.2, -0.15) is 0 Å². The van der Waals surface area contributed by atoms with Gasteiger partial charge in [-0.05, 0) is 56.5 Å². The second-order valence-corrected chi connectivity index (χ2v) is 8.37. The highest BCUT2D eigenvalue weighted by Gasteiger charge is 2.36. The summed E-state index contributed by atoms with van der Waals surface area (Å²) in [6.45, 7) is 4.04. The first-order valence-corrected chi connectivity index (χ1v) is 9.11. The fraction of sp³-hybridized carbons (Fsp3) is 0.600. The smallest absolute Gasteiger partial charge is 0.155 e. The molecular formula is C15H22ClNO2S. The number of nitrogens with one attached hydrogen (secondary N) is 1. The number of benzene rings is 1. The summed E-state index contributed by atoms with van der Waals surface area (Å²) in [5.41, 5.74) is 3.16. The molecule has 2 atom stereocenters. The Morgan fingerprint density at radius 2 is 1.90 bits per heavy atom. The molecule has 0 aliphatic carbocycles. The summed E-state index contributed by atoms with van der Waals surface area (Å²) in [4.78, 5) is 0. The molecule has 5 heteroatoms. The summed E-state index contributed by atoms with van der Waals surface area (Å²) in [6.07, 6.45) is 2.44. The van der Waals surface area contributed by atoms with E-state index in [1.54, 1.807) is 7.05 Å². The first-order chi connectivity index (χ1) is 9.36. The topological polar surface area (TPSA) is 46.2 Å². The lowest BCUT2D eigenvalue weighted by Gasteiger charge is -2.31. The summed E-state index contributed by atoms with van der Waals surface area (Å²) in [5, 5.41) is 3.44. The van der Waals surface area contributed by atoms with Crippen LogP contribution in [0.5, 0.6) is 0 Å². The lowest BCUT2D eigenvalue weighted by Crippen LogP contribution is -2.39. The van der Waals surface area contributed by atoms with Crippen molar-refractivity contribution in [2.24, 2.45) is 0 Å². The van der Waals surface area contributed by atoms with Crippen molar-refractivity contribution >= 4 is 21.4 Å². The van der Waals surface area contributed by atoms with Gasteiger partial charge in [-0.15, -0.1) is 0 Å². The Hall–Kier alpha value is -0.580. The zero-order valence-electron chi connectivity index (χ0n) is 12.2. The standard InChI is InChI=1S/C15H22ClNO2S/c1-10-8-12(13(16)9-11(10)2)15(17-3)14-6-4-5-7-20(14,18)19/h8-9,14-15,17H,4-7H2,1-3H3. The molecule has 1 aromatic carbocycles. The Kier molecular flexibility index (Phi) is 4.77. The van der Waals surface area contributed by atoms with Crippen molar-refractivity contribution in [3.05, 3.63) is 33.8 Å². The van der Waals surface area contributed by atoms with Crippen LogP contribution in [0, 0.1) is 13.8 Å². The lowest BCUT2D eigenvalue weighted by molar-refractivity contribution is 0.469. The van der Waals surface area contributed by atoms with Gasteiger partial charge in [0, 0.05) is 5.02 Å². The van der Waals surface area contributed by atoms with Crippen LogP contribution in [0.3, 0.4) is 0 Å². The number of hydrogen-bond donors (Lipinski definition) is 1.